The summed E-state index contributed by atoms with van der Waals surface area (Å²) in [6.07, 6.45) is 1.01. The van der Waals surface area contributed by atoms with Crippen molar-refractivity contribution in [1.29, 1.82) is 0 Å². The van der Waals surface area contributed by atoms with Gasteiger partial charge in [0.15, 0.2) is 5.16 Å². The third-order valence-electron chi connectivity index (χ3n) is 2.43. The van der Waals surface area contributed by atoms with Crippen molar-refractivity contribution in [2.75, 3.05) is 5.75 Å². The molecule has 0 saturated carbocycles. The zero-order valence-corrected chi connectivity index (χ0v) is 10.5. The Kier molecular flexibility index (Phi) is 3.51. The van der Waals surface area contributed by atoms with Crippen LogP contribution in [0.15, 0.2) is 23.4 Å². The Bertz CT molecular complexity index is 476. The Morgan fingerprint density at radius 3 is 3.06 bits per heavy atom. The number of fused-ring (bicyclic) bond motifs is 1. The van der Waals surface area contributed by atoms with Gasteiger partial charge in [0.05, 0.1) is 11.0 Å². The van der Waals surface area contributed by atoms with Crippen LogP contribution >= 0.6 is 11.8 Å². The Morgan fingerprint density at radius 2 is 2.31 bits per heavy atom. The van der Waals surface area contributed by atoms with E-state index in [9.17, 15) is 0 Å². The summed E-state index contributed by atoms with van der Waals surface area (Å²) in [4.78, 5) is 7.84. The molecule has 0 radical (unpaired) electrons. The first kappa shape index (κ1) is 11.5. The fraction of sp³-hybridized carbons (Fsp3) is 0.417. The molecule has 1 atom stereocenters. The lowest BCUT2D eigenvalue weighted by Gasteiger charge is -2.01. The van der Waals surface area contributed by atoms with Crippen molar-refractivity contribution < 1.29 is 0 Å². The second-order valence-corrected chi connectivity index (χ2v) is 5.26. The number of nitrogens with zero attached hydrogens (tertiary/aromatic N) is 1. The van der Waals surface area contributed by atoms with Gasteiger partial charge in [-0.05, 0) is 38.0 Å². The average molecular weight is 235 g/mol. The highest BCUT2D eigenvalue weighted by Crippen LogP contribution is 2.20. The van der Waals surface area contributed by atoms with Gasteiger partial charge in [0.1, 0.15) is 0 Å². The van der Waals surface area contributed by atoms with E-state index in [-0.39, 0.29) is 6.04 Å². The maximum absolute atomic E-state index is 5.71. The standard InChI is InChI=1S/C12H17N3S/c1-8-3-4-10-11(7-8)15-12(14-10)16-6-5-9(2)13/h3-4,7,9H,5-6,13H2,1-2H3,(H,14,15). The van der Waals surface area contributed by atoms with Crippen LogP contribution in [0.4, 0.5) is 0 Å². The minimum Gasteiger partial charge on any atom is -0.333 e. The van der Waals surface area contributed by atoms with Crippen molar-refractivity contribution in [3.05, 3.63) is 23.8 Å². The van der Waals surface area contributed by atoms with E-state index in [1.807, 2.05) is 6.92 Å². The summed E-state index contributed by atoms with van der Waals surface area (Å²) >= 11 is 1.73. The number of thioether (sulfide) groups is 1. The largest absolute Gasteiger partial charge is 0.333 e. The summed E-state index contributed by atoms with van der Waals surface area (Å²) in [6.45, 7) is 4.12. The first-order chi connectivity index (χ1) is 7.65. The highest BCUT2D eigenvalue weighted by atomic mass is 32.2. The number of benzene rings is 1. The van der Waals surface area contributed by atoms with E-state index in [1.54, 1.807) is 11.8 Å². The molecule has 3 nitrogen and oxygen atoms in total. The summed E-state index contributed by atoms with van der Waals surface area (Å²) < 4.78 is 0. The van der Waals surface area contributed by atoms with Crippen LogP contribution in [-0.4, -0.2) is 21.8 Å². The summed E-state index contributed by atoms with van der Waals surface area (Å²) in [5.74, 6) is 1.01. The van der Waals surface area contributed by atoms with Crippen molar-refractivity contribution in [2.24, 2.45) is 5.73 Å². The Balaban J connectivity index is 2.08. The van der Waals surface area contributed by atoms with Gasteiger partial charge in [-0.1, -0.05) is 17.8 Å². The van der Waals surface area contributed by atoms with E-state index in [0.717, 1.165) is 28.4 Å². The molecule has 0 saturated heterocycles. The molecule has 0 fully saturated rings. The molecule has 16 heavy (non-hydrogen) atoms. The topological polar surface area (TPSA) is 54.7 Å². The highest BCUT2D eigenvalue weighted by molar-refractivity contribution is 7.99. The van der Waals surface area contributed by atoms with E-state index in [4.69, 9.17) is 5.73 Å². The lowest BCUT2D eigenvalue weighted by atomic mass is 10.2. The van der Waals surface area contributed by atoms with E-state index in [0.29, 0.717) is 0 Å². The van der Waals surface area contributed by atoms with Gasteiger partial charge in [-0.2, -0.15) is 0 Å². The van der Waals surface area contributed by atoms with Crippen molar-refractivity contribution in [2.45, 2.75) is 31.5 Å². The number of aromatic nitrogens is 2. The molecule has 4 heteroatoms. The van der Waals surface area contributed by atoms with Gasteiger partial charge in [-0.3, -0.25) is 0 Å². The molecular weight excluding hydrogens is 218 g/mol. The summed E-state index contributed by atoms with van der Waals surface area (Å²) in [6, 6.07) is 6.52. The van der Waals surface area contributed by atoms with Crippen molar-refractivity contribution in [1.82, 2.24) is 9.97 Å². The maximum atomic E-state index is 5.71. The fourth-order valence-corrected chi connectivity index (χ4v) is 2.54. The van der Waals surface area contributed by atoms with Crippen LogP contribution in [0.25, 0.3) is 11.0 Å². The van der Waals surface area contributed by atoms with Crippen LogP contribution in [0.1, 0.15) is 18.9 Å². The molecule has 1 heterocycles. The van der Waals surface area contributed by atoms with Gasteiger partial charge in [0.2, 0.25) is 0 Å². The summed E-state index contributed by atoms with van der Waals surface area (Å²) in [5, 5.41) is 0.987. The molecule has 2 aromatic rings. The van der Waals surface area contributed by atoms with Crippen LogP contribution in [-0.2, 0) is 0 Å². The van der Waals surface area contributed by atoms with Crippen LogP contribution < -0.4 is 5.73 Å². The van der Waals surface area contributed by atoms with Gasteiger partial charge in [-0.25, -0.2) is 4.98 Å². The number of imidazole rings is 1. The van der Waals surface area contributed by atoms with Crippen molar-refractivity contribution in [3.63, 3.8) is 0 Å². The van der Waals surface area contributed by atoms with E-state index >= 15 is 0 Å². The smallest absolute Gasteiger partial charge is 0.166 e. The summed E-state index contributed by atoms with van der Waals surface area (Å²) in [5.41, 5.74) is 9.11. The molecule has 1 aromatic heterocycles. The molecule has 0 aliphatic rings. The number of hydrogen-bond donors (Lipinski definition) is 2. The van der Waals surface area contributed by atoms with Crippen molar-refractivity contribution >= 4 is 22.8 Å². The Morgan fingerprint density at radius 1 is 1.50 bits per heavy atom. The number of aromatic amines is 1. The molecule has 0 aliphatic carbocycles. The number of hydrogen-bond acceptors (Lipinski definition) is 3. The normalized spacial score (nSPS) is 13.2. The molecule has 1 aromatic carbocycles. The zero-order chi connectivity index (χ0) is 11.5. The number of aryl methyl sites for hydroxylation is 1. The molecule has 3 N–H and O–H groups in total. The number of rotatable bonds is 4. The minimum atomic E-state index is 0.263. The van der Waals surface area contributed by atoms with E-state index in [1.165, 1.54) is 5.56 Å². The van der Waals surface area contributed by atoms with Gasteiger partial charge in [0.25, 0.3) is 0 Å². The number of nitrogens with two attached hydrogens (primary N) is 1. The van der Waals surface area contributed by atoms with Crippen LogP contribution in [0.2, 0.25) is 0 Å². The van der Waals surface area contributed by atoms with Crippen LogP contribution in [0, 0.1) is 6.92 Å². The quantitative estimate of drug-likeness (QED) is 0.801. The monoisotopic (exact) mass is 235 g/mol. The molecule has 2 rings (SSSR count). The number of H-pyrrole nitrogens is 1. The molecule has 86 valence electrons. The first-order valence-electron chi connectivity index (χ1n) is 5.50. The zero-order valence-electron chi connectivity index (χ0n) is 9.66. The predicted octanol–water partition coefficient (Wildman–Crippen LogP) is 2.70. The second kappa shape index (κ2) is 4.89. The number of nitrogens with one attached hydrogen (secondary N) is 1. The molecule has 0 spiro atoms. The summed E-state index contributed by atoms with van der Waals surface area (Å²) in [7, 11) is 0. The van der Waals surface area contributed by atoms with Crippen molar-refractivity contribution in [3.8, 4) is 0 Å². The third kappa shape index (κ3) is 2.77. The molecule has 1 unspecified atom stereocenters. The molecular formula is C12H17N3S. The highest BCUT2D eigenvalue weighted by Gasteiger charge is 2.03. The van der Waals surface area contributed by atoms with Gasteiger partial charge in [0, 0.05) is 11.8 Å². The SMILES string of the molecule is Cc1ccc2nc(SCCC(C)N)[nH]c2c1. The molecule has 0 amide bonds. The average Bonchev–Trinajstić information content (AvgIpc) is 2.58. The lowest BCUT2D eigenvalue weighted by Crippen LogP contribution is -2.15. The van der Waals surface area contributed by atoms with Crippen LogP contribution in [0.3, 0.4) is 0 Å². The van der Waals surface area contributed by atoms with Gasteiger partial charge in [-0.15, -0.1) is 0 Å². The Hall–Kier alpha value is -1.00. The Labute approximate surface area is 99.8 Å². The predicted molar refractivity (Wildman–Crippen MR) is 69.8 cm³/mol. The van der Waals surface area contributed by atoms with Gasteiger partial charge < -0.3 is 10.7 Å². The van der Waals surface area contributed by atoms with Gasteiger partial charge >= 0.3 is 0 Å². The van der Waals surface area contributed by atoms with Crippen LogP contribution in [0.5, 0.6) is 0 Å². The minimum absolute atomic E-state index is 0.263. The fourth-order valence-electron chi connectivity index (χ4n) is 1.51. The lowest BCUT2D eigenvalue weighted by molar-refractivity contribution is 0.721. The second-order valence-electron chi connectivity index (χ2n) is 4.18. The van der Waals surface area contributed by atoms with E-state index in [2.05, 4.69) is 35.1 Å². The molecule has 0 aliphatic heterocycles. The maximum Gasteiger partial charge on any atom is 0.166 e. The molecule has 0 bridgehead atoms. The first-order valence-corrected chi connectivity index (χ1v) is 6.48. The third-order valence-corrected chi connectivity index (χ3v) is 3.33. The van der Waals surface area contributed by atoms with E-state index < -0.39 is 0 Å².